The van der Waals surface area contributed by atoms with Crippen molar-refractivity contribution in [1.29, 1.82) is 0 Å². The summed E-state index contributed by atoms with van der Waals surface area (Å²) in [5.74, 6) is -1.94. The number of hydrogen-bond acceptors (Lipinski definition) is 7. The van der Waals surface area contributed by atoms with Gasteiger partial charge in [-0.05, 0) is 42.5 Å². The van der Waals surface area contributed by atoms with Gasteiger partial charge in [-0.3, -0.25) is 19.2 Å². The molecule has 1 amide bonds. The fraction of sp³-hybridized carbons (Fsp3) is 0.357. The number of fused-ring (bicyclic) bond motifs is 1. The summed E-state index contributed by atoms with van der Waals surface area (Å²) in [5.41, 5.74) is 1.91. The topological polar surface area (TPSA) is 112 Å². The van der Waals surface area contributed by atoms with Gasteiger partial charge in [-0.25, -0.2) is 0 Å². The molecule has 3 aromatic rings. The Balaban J connectivity index is 2.24. The second-order valence-corrected chi connectivity index (χ2v) is 8.40. The Morgan fingerprint density at radius 1 is 0.917 bits per heavy atom. The fourth-order valence-electron chi connectivity index (χ4n) is 4.06. The van der Waals surface area contributed by atoms with Crippen LogP contribution in [0.25, 0.3) is 11.0 Å². The Morgan fingerprint density at radius 2 is 1.56 bits per heavy atom. The van der Waals surface area contributed by atoms with Gasteiger partial charge < -0.3 is 19.2 Å². The number of anilines is 1. The summed E-state index contributed by atoms with van der Waals surface area (Å²) in [6.45, 7) is 8.37. The van der Waals surface area contributed by atoms with Crippen molar-refractivity contribution >= 4 is 34.5 Å². The number of carbonyl (C=O) groups excluding carboxylic acids is 3. The minimum absolute atomic E-state index is 0.0343. The highest BCUT2D eigenvalue weighted by molar-refractivity contribution is 6.07. The number of carbonyl (C=O) groups is 3. The van der Waals surface area contributed by atoms with E-state index in [9.17, 15) is 19.2 Å². The molecule has 0 bridgehead atoms. The maximum Gasteiger partial charge on any atom is 0.308 e. The zero-order chi connectivity index (χ0) is 26.4. The average molecular weight is 494 g/mol. The van der Waals surface area contributed by atoms with Gasteiger partial charge in [-0.15, -0.1) is 0 Å². The molecule has 0 aliphatic heterocycles. The van der Waals surface area contributed by atoms with Crippen LogP contribution in [-0.2, 0) is 28.9 Å². The highest BCUT2D eigenvalue weighted by Crippen LogP contribution is 2.36. The fourth-order valence-corrected chi connectivity index (χ4v) is 4.06. The lowest BCUT2D eigenvalue weighted by Gasteiger charge is -2.16. The minimum atomic E-state index is -0.682. The molecule has 8 heteroatoms. The van der Waals surface area contributed by atoms with Crippen LogP contribution in [0.5, 0.6) is 11.5 Å². The molecule has 0 saturated carbocycles. The molecule has 0 atom stereocenters. The molecule has 3 rings (SSSR count). The predicted octanol–water partition coefficient (Wildman–Crippen LogP) is 5.36. The van der Waals surface area contributed by atoms with Crippen LogP contribution in [0.2, 0.25) is 0 Å². The van der Waals surface area contributed by atoms with Crippen LogP contribution in [0.15, 0.2) is 39.5 Å². The summed E-state index contributed by atoms with van der Waals surface area (Å²) < 4.78 is 16.5. The molecular weight excluding hydrogens is 462 g/mol. The van der Waals surface area contributed by atoms with Crippen LogP contribution in [0.4, 0.5) is 5.69 Å². The van der Waals surface area contributed by atoms with Crippen molar-refractivity contribution in [1.82, 2.24) is 0 Å². The van der Waals surface area contributed by atoms with Crippen LogP contribution < -0.4 is 20.2 Å². The Kier molecular flexibility index (Phi) is 8.64. The highest BCUT2D eigenvalue weighted by atomic mass is 16.6. The number of para-hydroxylation sites is 1. The lowest BCUT2D eigenvalue weighted by molar-refractivity contribution is -0.134. The van der Waals surface area contributed by atoms with Gasteiger partial charge >= 0.3 is 11.9 Å². The molecule has 0 aliphatic carbocycles. The van der Waals surface area contributed by atoms with Crippen molar-refractivity contribution in [3.05, 3.63) is 63.0 Å². The molecule has 0 aliphatic rings. The monoisotopic (exact) mass is 493 g/mol. The van der Waals surface area contributed by atoms with Gasteiger partial charge in [0, 0.05) is 26.0 Å². The summed E-state index contributed by atoms with van der Waals surface area (Å²) in [4.78, 5) is 50.6. The first kappa shape index (κ1) is 26.7. The van der Waals surface area contributed by atoms with Crippen LogP contribution >= 0.6 is 0 Å². The standard InChI is InChI=1S/C28H31NO7/c1-6-9-13-21-23(28(33)29-24-18(7-2)11-10-12-19(24)8-3)25(32)20-14-15-22(34-16(4)30)27(26(20)36-21)35-17(5)31/h10-12,14-15H,6-9,13H2,1-5H3,(H,29,33). The summed E-state index contributed by atoms with van der Waals surface area (Å²) in [6.07, 6.45) is 3.20. The molecule has 1 N–H and O–H groups in total. The number of unbranched alkanes of at least 4 members (excludes halogenated alkanes) is 1. The van der Waals surface area contributed by atoms with E-state index in [1.165, 1.54) is 26.0 Å². The number of ether oxygens (including phenoxy) is 2. The van der Waals surface area contributed by atoms with Gasteiger partial charge in [0.25, 0.3) is 5.91 Å². The van der Waals surface area contributed by atoms with Gasteiger partial charge in [-0.2, -0.15) is 0 Å². The van der Waals surface area contributed by atoms with Gasteiger partial charge in [0.1, 0.15) is 11.3 Å². The maximum atomic E-state index is 13.7. The molecule has 8 nitrogen and oxygen atoms in total. The van der Waals surface area contributed by atoms with Crippen molar-refractivity contribution in [2.75, 3.05) is 5.32 Å². The number of amides is 1. The van der Waals surface area contributed by atoms with Gasteiger partial charge in [0.2, 0.25) is 11.2 Å². The first-order chi connectivity index (χ1) is 17.2. The molecule has 190 valence electrons. The van der Waals surface area contributed by atoms with Crippen molar-refractivity contribution < 1.29 is 28.3 Å². The summed E-state index contributed by atoms with van der Waals surface area (Å²) in [7, 11) is 0. The van der Waals surface area contributed by atoms with Crippen LogP contribution in [-0.4, -0.2) is 17.8 Å². The minimum Gasteiger partial charge on any atom is -0.456 e. The van der Waals surface area contributed by atoms with E-state index >= 15 is 0 Å². The lowest BCUT2D eigenvalue weighted by atomic mass is 10.0. The second kappa shape index (κ2) is 11.7. The van der Waals surface area contributed by atoms with Gasteiger partial charge in [0.05, 0.1) is 5.39 Å². The van der Waals surface area contributed by atoms with E-state index in [4.69, 9.17) is 13.9 Å². The van der Waals surface area contributed by atoms with E-state index in [0.29, 0.717) is 31.4 Å². The Morgan fingerprint density at radius 3 is 2.11 bits per heavy atom. The van der Waals surface area contributed by atoms with Crippen molar-refractivity contribution in [2.45, 2.75) is 66.7 Å². The number of esters is 2. The maximum absolute atomic E-state index is 13.7. The number of rotatable bonds is 9. The molecule has 0 spiro atoms. The third-order valence-corrected chi connectivity index (χ3v) is 5.77. The van der Waals surface area contributed by atoms with E-state index in [0.717, 1.165) is 17.5 Å². The van der Waals surface area contributed by atoms with E-state index in [2.05, 4.69) is 5.32 Å². The zero-order valence-electron chi connectivity index (χ0n) is 21.3. The first-order valence-corrected chi connectivity index (χ1v) is 12.1. The quantitative estimate of drug-likeness (QED) is 0.315. The molecule has 1 heterocycles. The lowest BCUT2D eigenvalue weighted by Crippen LogP contribution is -2.25. The Labute approximate surface area is 209 Å². The smallest absolute Gasteiger partial charge is 0.308 e. The van der Waals surface area contributed by atoms with Crippen LogP contribution in [0, 0.1) is 0 Å². The summed E-state index contributed by atoms with van der Waals surface area (Å²) in [6, 6.07) is 8.56. The second-order valence-electron chi connectivity index (χ2n) is 8.40. The largest absolute Gasteiger partial charge is 0.456 e. The molecule has 2 aromatic carbocycles. The van der Waals surface area contributed by atoms with E-state index in [1.807, 2.05) is 39.0 Å². The number of nitrogens with one attached hydrogen (secondary N) is 1. The normalized spacial score (nSPS) is 10.8. The van der Waals surface area contributed by atoms with E-state index in [1.54, 1.807) is 0 Å². The van der Waals surface area contributed by atoms with Crippen molar-refractivity contribution in [2.24, 2.45) is 0 Å². The Bertz CT molecular complexity index is 1350. The molecule has 0 unspecified atom stereocenters. The van der Waals surface area contributed by atoms with E-state index in [-0.39, 0.29) is 33.8 Å². The van der Waals surface area contributed by atoms with Crippen LogP contribution in [0.3, 0.4) is 0 Å². The van der Waals surface area contributed by atoms with Gasteiger partial charge in [0.15, 0.2) is 11.3 Å². The molecule has 36 heavy (non-hydrogen) atoms. The predicted molar refractivity (Wildman–Crippen MR) is 137 cm³/mol. The summed E-state index contributed by atoms with van der Waals surface area (Å²) in [5, 5.41) is 2.98. The van der Waals surface area contributed by atoms with E-state index < -0.39 is 23.3 Å². The third kappa shape index (κ3) is 5.64. The zero-order valence-corrected chi connectivity index (χ0v) is 21.3. The number of aryl methyl sites for hydroxylation is 3. The Hall–Kier alpha value is -3.94. The van der Waals surface area contributed by atoms with Gasteiger partial charge in [-0.1, -0.05) is 45.4 Å². The number of hydrogen-bond donors (Lipinski definition) is 1. The average Bonchev–Trinajstić information content (AvgIpc) is 2.83. The van der Waals surface area contributed by atoms with Crippen molar-refractivity contribution in [3.63, 3.8) is 0 Å². The molecule has 0 fully saturated rings. The first-order valence-electron chi connectivity index (χ1n) is 12.1. The molecular formula is C28H31NO7. The molecule has 0 saturated heterocycles. The third-order valence-electron chi connectivity index (χ3n) is 5.77. The SMILES string of the molecule is CCCCc1oc2c(OC(C)=O)c(OC(C)=O)ccc2c(=O)c1C(=O)Nc1c(CC)cccc1CC. The molecule has 1 aromatic heterocycles. The number of benzene rings is 2. The van der Waals surface area contributed by atoms with Crippen molar-refractivity contribution in [3.8, 4) is 11.5 Å². The molecule has 0 radical (unpaired) electrons. The highest BCUT2D eigenvalue weighted by Gasteiger charge is 2.26. The van der Waals surface area contributed by atoms with Crippen LogP contribution in [0.1, 0.15) is 74.7 Å². The summed E-state index contributed by atoms with van der Waals surface area (Å²) >= 11 is 0.